The van der Waals surface area contributed by atoms with Gasteiger partial charge in [-0.15, -0.1) is 0 Å². The lowest BCUT2D eigenvalue weighted by Crippen LogP contribution is -2.46. The van der Waals surface area contributed by atoms with Crippen LogP contribution in [0.1, 0.15) is 65.7 Å². The summed E-state index contributed by atoms with van der Waals surface area (Å²) in [5.74, 6) is 1.96. The van der Waals surface area contributed by atoms with Gasteiger partial charge in [-0.1, -0.05) is 13.3 Å². The van der Waals surface area contributed by atoms with Crippen molar-refractivity contribution in [3.05, 3.63) is 0 Å². The molecule has 1 N–H and O–H groups in total. The highest BCUT2D eigenvalue weighted by Crippen LogP contribution is 2.31. The van der Waals surface area contributed by atoms with Crippen molar-refractivity contribution in [3.63, 3.8) is 0 Å². The van der Waals surface area contributed by atoms with Crippen LogP contribution in [0.25, 0.3) is 0 Å². The van der Waals surface area contributed by atoms with E-state index in [1.165, 1.54) is 64.6 Å². The van der Waals surface area contributed by atoms with Gasteiger partial charge in [-0.2, -0.15) is 0 Å². The summed E-state index contributed by atoms with van der Waals surface area (Å²) in [5.41, 5.74) is 0. The van der Waals surface area contributed by atoms with Gasteiger partial charge in [0.15, 0.2) is 0 Å². The number of hydrogen-bond acceptors (Lipinski definition) is 2. The first-order valence-corrected chi connectivity index (χ1v) is 8.67. The van der Waals surface area contributed by atoms with Crippen molar-refractivity contribution < 1.29 is 0 Å². The molecule has 0 aromatic rings. The zero-order valence-corrected chi connectivity index (χ0v) is 13.3. The number of piperidine rings is 1. The van der Waals surface area contributed by atoms with E-state index in [1.807, 2.05) is 0 Å². The molecular formula is C17H34N2. The molecule has 2 aliphatic rings. The molecule has 2 fully saturated rings. The van der Waals surface area contributed by atoms with Crippen LogP contribution < -0.4 is 5.32 Å². The highest BCUT2D eigenvalue weighted by molar-refractivity contribution is 4.83. The Hall–Kier alpha value is -0.0800. The molecule has 0 bridgehead atoms. The van der Waals surface area contributed by atoms with E-state index in [0.717, 1.165) is 23.9 Å². The van der Waals surface area contributed by atoms with Gasteiger partial charge in [-0.3, -0.25) is 4.90 Å². The lowest BCUT2D eigenvalue weighted by molar-refractivity contribution is 0.0799. The van der Waals surface area contributed by atoms with Crippen LogP contribution in [0.4, 0.5) is 0 Å². The molecule has 0 unspecified atom stereocenters. The van der Waals surface area contributed by atoms with Crippen molar-refractivity contribution in [2.45, 2.75) is 77.8 Å². The maximum Gasteiger partial charge on any atom is 0.00982 e. The summed E-state index contributed by atoms with van der Waals surface area (Å²) in [4.78, 5) is 2.84. The monoisotopic (exact) mass is 266 g/mol. The third-order valence-electron chi connectivity index (χ3n) is 5.45. The standard InChI is InChI=1S/C17H34N2/c1-4-15-5-7-17(8-6-15)19(14(2)3)13-16-9-11-18-12-10-16/h14-18H,4-13H2,1-3H3. The molecule has 2 rings (SSSR count). The smallest absolute Gasteiger partial charge is 0.00982 e. The summed E-state index contributed by atoms with van der Waals surface area (Å²) in [6, 6.07) is 1.59. The molecule has 0 aromatic carbocycles. The minimum atomic E-state index is 0.720. The fourth-order valence-corrected chi connectivity index (χ4v) is 4.03. The summed E-state index contributed by atoms with van der Waals surface area (Å²) in [5, 5.41) is 3.49. The van der Waals surface area contributed by atoms with E-state index in [1.54, 1.807) is 0 Å². The van der Waals surface area contributed by atoms with E-state index < -0.39 is 0 Å². The molecule has 0 radical (unpaired) electrons. The minimum Gasteiger partial charge on any atom is -0.317 e. The summed E-state index contributed by atoms with van der Waals surface area (Å²) in [6.07, 6.45) is 9.99. The Morgan fingerprint density at radius 1 is 0.947 bits per heavy atom. The molecule has 1 aliphatic carbocycles. The van der Waals surface area contributed by atoms with Gasteiger partial charge in [0.25, 0.3) is 0 Å². The molecule has 0 amide bonds. The molecular weight excluding hydrogens is 232 g/mol. The summed E-state index contributed by atoms with van der Waals surface area (Å²) < 4.78 is 0. The fraction of sp³-hybridized carbons (Fsp3) is 1.00. The van der Waals surface area contributed by atoms with Gasteiger partial charge >= 0.3 is 0 Å². The van der Waals surface area contributed by atoms with Gasteiger partial charge in [0.1, 0.15) is 0 Å². The summed E-state index contributed by atoms with van der Waals surface area (Å²) in [7, 11) is 0. The quantitative estimate of drug-likeness (QED) is 0.817. The highest BCUT2D eigenvalue weighted by atomic mass is 15.2. The minimum absolute atomic E-state index is 0.720. The molecule has 1 saturated heterocycles. The SMILES string of the molecule is CCC1CCC(N(CC2CCNCC2)C(C)C)CC1. The van der Waals surface area contributed by atoms with Crippen molar-refractivity contribution in [2.24, 2.45) is 11.8 Å². The van der Waals surface area contributed by atoms with Gasteiger partial charge in [0.2, 0.25) is 0 Å². The Labute approximate surface area is 120 Å². The average molecular weight is 266 g/mol. The van der Waals surface area contributed by atoms with Crippen LogP contribution >= 0.6 is 0 Å². The first kappa shape index (κ1) is 15.3. The molecule has 2 nitrogen and oxygen atoms in total. The lowest BCUT2D eigenvalue weighted by Gasteiger charge is -2.41. The molecule has 19 heavy (non-hydrogen) atoms. The highest BCUT2D eigenvalue weighted by Gasteiger charge is 2.28. The third kappa shape index (κ3) is 4.46. The van der Waals surface area contributed by atoms with Crippen LogP contribution in [0.5, 0.6) is 0 Å². The molecule has 0 aromatic heterocycles. The Bertz CT molecular complexity index is 238. The molecule has 112 valence electrons. The molecule has 2 heteroatoms. The fourth-order valence-electron chi connectivity index (χ4n) is 4.03. The topological polar surface area (TPSA) is 15.3 Å². The van der Waals surface area contributed by atoms with E-state index in [2.05, 4.69) is 31.0 Å². The van der Waals surface area contributed by atoms with Gasteiger partial charge in [-0.05, 0) is 77.3 Å². The Kier molecular flexibility index (Phi) is 6.15. The number of hydrogen-bond donors (Lipinski definition) is 1. The van der Waals surface area contributed by atoms with Crippen molar-refractivity contribution in [1.82, 2.24) is 10.2 Å². The maximum atomic E-state index is 3.49. The summed E-state index contributed by atoms with van der Waals surface area (Å²) in [6.45, 7) is 11.0. The van der Waals surface area contributed by atoms with Crippen molar-refractivity contribution in [3.8, 4) is 0 Å². The van der Waals surface area contributed by atoms with Crippen LogP contribution in [-0.4, -0.2) is 36.6 Å². The van der Waals surface area contributed by atoms with Crippen LogP contribution in [0, 0.1) is 11.8 Å². The number of rotatable bonds is 5. The third-order valence-corrected chi connectivity index (χ3v) is 5.45. The Morgan fingerprint density at radius 3 is 2.11 bits per heavy atom. The lowest BCUT2D eigenvalue weighted by atomic mass is 9.83. The largest absolute Gasteiger partial charge is 0.317 e. The van der Waals surface area contributed by atoms with Crippen molar-refractivity contribution >= 4 is 0 Å². The number of nitrogens with one attached hydrogen (secondary N) is 1. The van der Waals surface area contributed by atoms with Gasteiger partial charge < -0.3 is 5.32 Å². The van der Waals surface area contributed by atoms with Crippen LogP contribution in [-0.2, 0) is 0 Å². The van der Waals surface area contributed by atoms with E-state index in [9.17, 15) is 0 Å². The predicted molar refractivity (Wildman–Crippen MR) is 83.5 cm³/mol. The van der Waals surface area contributed by atoms with Crippen LogP contribution in [0.3, 0.4) is 0 Å². The van der Waals surface area contributed by atoms with Crippen molar-refractivity contribution in [1.29, 1.82) is 0 Å². The van der Waals surface area contributed by atoms with Gasteiger partial charge in [-0.25, -0.2) is 0 Å². The van der Waals surface area contributed by atoms with Crippen LogP contribution in [0.2, 0.25) is 0 Å². The Balaban J connectivity index is 1.85. The normalized spacial score (nSPS) is 30.2. The van der Waals surface area contributed by atoms with E-state index in [0.29, 0.717) is 0 Å². The summed E-state index contributed by atoms with van der Waals surface area (Å²) >= 11 is 0. The second-order valence-corrected chi connectivity index (χ2v) is 7.07. The van der Waals surface area contributed by atoms with E-state index in [4.69, 9.17) is 0 Å². The van der Waals surface area contributed by atoms with E-state index >= 15 is 0 Å². The zero-order valence-electron chi connectivity index (χ0n) is 13.3. The first-order chi connectivity index (χ1) is 9.20. The predicted octanol–water partition coefficient (Wildman–Crippen LogP) is 3.67. The molecule has 0 spiro atoms. The molecule has 1 saturated carbocycles. The zero-order chi connectivity index (χ0) is 13.7. The van der Waals surface area contributed by atoms with E-state index in [-0.39, 0.29) is 0 Å². The average Bonchev–Trinajstić information content (AvgIpc) is 2.46. The second-order valence-electron chi connectivity index (χ2n) is 7.07. The van der Waals surface area contributed by atoms with Crippen LogP contribution in [0.15, 0.2) is 0 Å². The first-order valence-electron chi connectivity index (χ1n) is 8.67. The Morgan fingerprint density at radius 2 is 1.58 bits per heavy atom. The molecule has 0 atom stereocenters. The van der Waals surface area contributed by atoms with Crippen molar-refractivity contribution in [2.75, 3.05) is 19.6 Å². The second kappa shape index (κ2) is 7.64. The molecule has 1 aliphatic heterocycles. The van der Waals surface area contributed by atoms with Gasteiger partial charge in [0, 0.05) is 18.6 Å². The molecule has 1 heterocycles. The van der Waals surface area contributed by atoms with Gasteiger partial charge in [0.05, 0.1) is 0 Å². The maximum absolute atomic E-state index is 3.49. The number of nitrogens with zero attached hydrogens (tertiary/aromatic N) is 1.